The fourth-order valence-corrected chi connectivity index (χ4v) is 2.65. The highest BCUT2D eigenvalue weighted by Crippen LogP contribution is 2.20. The van der Waals surface area contributed by atoms with E-state index < -0.39 is 0 Å². The third-order valence-corrected chi connectivity index (χ3v) is 3.84. The Bertz CT molecular complexity index is 651. The minimum absolute atomic E-state index is 0.149. The van der Waals surface area contributed by atoms with Crippen LogP contribution in [0.1, 0.15) is 36.2 Å². The van der Waals surface area contributed by atoms with Gasteiger partial charge in [0.05, 0.1) is 17.6 Å². The molecule has 0 atom stereocenters. The molecular weight excluding hydrogens is 281 g/mol. The van der Waals surface area contributed by atoms with E-state index in [0.29, 0.717) is 17.1 Å². The normalized spacial score (nSPS) is 14.8. The van der Waals surface area contributed by atoms with Crippen molar-refractivity contribution < 1.29 is 9.18 Å². The number of anilines is 2. The molecule has 1 heterocycles. The summed E-state index contributed by atoms with van der Waals surface area (Å²) < 4.78 is 13.6. The van der Waals surface area contributed by atoms with E-state index in [1.54, 1.807) is 30.3 Å². The van der Waals surface area contributed by atoms with Crippen molar-refractivity contribution in [3.8, 4) is 0 Å². The van der Waals surface area contributed by atoms with Crippen molar-refractivity contribution in [2.24, 2.45) is 0 Å². The molecule has 3 rings (SSSR count). The molecule has 1 aromatic carbocycles. The summed E-state index contributed by atoms with van der Waals surface area (Å²) in [6.45, 7) is 0. The molecule has 1 fully saturated rings. The van der Waals surface area contributed by atoms with Crippen molar-refractivity contribution in [2.45, 2.75) is 31.7 Å². The van der Waals surface area contributed by atoms with Gasteiger partial charge in [-0.05, 0) is 37.1 Å². The van der Waals surface area contributed by atoms with Crippen LogP contribution in [0.2, 0.25) is 0 Å². The SMILES string of the molecule is O=C(NC1CCCC1)c1ccc(Nc2ccccc2F)cn1. The van der Waals surface area contributed by atoms with Gasteiger partial charge in [0.2, 0.25) is 0 Å². The average Bonchev–Trinajstić information content (AvgIpc) is 3.03. The highest BCUT2D eigenvalue weighted by Gasteiger charge is 2.18. The van der Waals surface area contributed by atoms with Crippen molar-refractivity contribution >= 4 is 17.3 Å². The van der Waals surface area contributed by atoms with Crippen LogP contribution in [-0.2, 0) is 0 Å². The second-order valence-electron chi connectivity index (χ2n) is 5.49. The first kappa shape index (κ1) is 14.5. The third-order valence-electron chi connectivity index (χ3n) is 3.84. The van der Waals surface area contributed by atoms with Crippen LogP contribution in [0.5, 0.6) is 0 Å². The third kappa shape index (κ3) is 3.42. The molecule has 1 aliphatic rings. The molecule has 0 unspecified atom stereocenters. The molecule has 4 nitrogen and oxygen atoms in total. The first-order valence-electron chi connectivity index (χ1n) is 7.51. The predicted molar refractivity (Wildman–Crippen MR) is 83.6 cm³/mol. The fraction of sp³-hybridized carbons (Fsp3) is 0.294. The Kier molecular flexibility index (Phi) is 4.32. The molecule has 0 saturated heterocycles. The van der Waals surface area contributed by atoms with E-state index in [4.69, 9.17) is 0 Å². The van der Waals surface area contributed by atoms with Gasteiger partial charge in [0, 0.05) is 6.04 Å². The summed E-state index contributed by atoms with van der Waals surface area (Å²) in [6.07, 6.45) is 5.96. The number of halogens is 1. The number of nitrogens with zero attached hydrogens (tertiary/aromatic N) is 1. The lowest BCUT2D eigenvalue weighted by Crippen LogP contribution is -2.33. The summed E-state index contributed by atoms with van der Waals surface area (Å²) >= 11 is 0. The van der Waals surface area contributed by atoms with E-state index in [9.17, 15) is 9.18 Å². The summed E-state index contributed by atoms with van der Waals surface area (Å²) in [5, 5.41) is 5.93. The van der Waals surface area contributed by atoms with Crippen LogP contribution in [0.25, 0.3) is 0 Å². The van der Waals surface area contributed by atoms with Crippen LogP contribution in [-0.4, -0.2) is 16.9 Å². The number of rotatable bonds is 4. The zero-order valence-corrected chi connectivity index (χ0v) is 12.2. The number of amides is 1. The lowest BCUT2D eigenvalue weighted by molar-refractivity contribution is 0.0933. The van der Waals surface area contributed by atoms with E-state index in [-0.39, 0.29) is 17.8 Å². The number of para-hydroxylation sites is 1. The Hall–Kier alpha value is -2.43. The highest BCUT2D eigenvalue weighted by atomic mass is 19.1. The predicted octanol–water partition coefficient (Wildman–Crippen LogP) is 3.64. The van der Waals surface area contributed by atoms with Crippen LogP contribution < -0.4 is 10.6 Å². The molecule has 1 saturated carbocycles. The number of nitrogens with one attached hydrogen (secondary N) is 2. The Labute approximate surface area is 128 Å². The maximum absolute atomic E-state index is 13.6. The van der Waals surface area contributed by atoms with Crippen LogP contribution in [0.4, 0.5) is 15.8 Å². The molecule has 1 aromatic heterocycles. The van der Waals surface area contributed by atoms with Gasteiger partial charge >= 0.3 is 0 Å². The van der Waals surface area contributed by atoms with Crippen LogP contribution in [0.3, 0.4) is 0 Å². The zero-order valence-electron chi connectivity index (χ0n) is 12.2. The van der Waals surface area contributed by atoms with Crippen LogP contribution in [0, 0.1) is 5.82 Å². The molecule has 114 valence electrons. The second kappa shape index (κ2) is 6.56. The maximum Gasteiger partial charge on any atom is 0.270 e. The number of aromatic nitrogens is 1. The topological polar surface area (TPSA) is 54.0 Å². The first-order valence-corrected chi connectivity index (χ1v) is 7.51. The van der Waals surface area contributed by atoms with Crippen molar-refractivity contribution in [1.29, 1.82) is 0 Å². The lowest BCUT2D eigenvalue weighted by atomic mass is 10.2. The van der Waals surface area contributed by atoms with Crippen molar-refractivity contribution in [3.05, 3.63) is 54.1 Å². The smallest absolute Gasteiger partial charge is 0.270 e. The zero-order chi connectivity index (χ0) is 15.4. The Morgan fingerprint density at radius 1 is 1.14 bits per heavy atom. The molecule has 22 heavy (non-hydrogen) atoms. The Balaban J connectivity index is 1.64. The number of carbonyl (C=O) groups is 1. The van der Waals surface area contributed by atoms with E-state index >= 15 is 0 Å². The van der Waals surface area contributed by atoms with E-state index in [2.05, 4.69) is 15.6 Å². The summed E-state index contributed by atoms with van der Waals surface area (Å²) in [7, 11) is 0. The number of carbonyl (C=O) groups excluding carboxylic acids is 1. The molecule has 0 radical (unpaired) electrons. The van der Waals surface area contributed by atoms with Crippen LogP contribution >= 0.6 is 0 Å². The van der Waals surface area contributed by atoms with Crippen molar-refractivity contribution in [3.63, 3.8) is 0 Å². The lowest BCUT2D eigenvalue weighted by Gasteiger charge is -2.12. The van der Waals surface area contributed by atoms with Gasteiger partial charge in [-0.1, -0.05) is 25.0 Å². The van der Waals surface area contributed by atoms with E-state index in [0.717, 1.165) is 12.8 Å². The summed E-state index contributed by atoms with van der Waals surface area (Å²) in [5.74, 6) is -0.477. The Morgan fingerprint density at radius 2 is 1.91 bits per heavy atom. The maximum atomic E-state index is 13.6. The second-order valence-corrected chi connectivity index (χ2v) is 5.49. The fourth-order valence-electron chi connectivity index (χ4n) is 2.65. The molecule has 0 spiro atoms. The van der Waals surface area contributed by atoms with Gasteiger partial charge in [-0.3, -0.25) is 4.79 Å². The number of hydrogen-bond acceptors (Lipinski definition) is 3. The van der Waals surface area contributed by atoms with Gasteiger partial charge in [0.15, 0.2) is 0 Å². The van der Waals surface area contributed by atoms with Gasteiger partial charge in [0.1, 0.15) is 11.5 Å². The number of hydrogen-bond donors (Lipinski definition) is 2. The monoisotopic (exact) mass is 299 g/mol. The van der Waals surface area contributed by atoms with Crippen molar-refractivity contribution in [1.82, 2.24) is 10.3 Å². The summed E-state index contributed by atoms with van der Waals surface area (Å²) in [6, 6.07) is 10.1. The quantitative estimate of drug-likeness (QED) is 0.906. The van der Waals surface area contributed by atoms with Crippen LogP contribution in [0.15, 0.2) is 42.6 Å². The van der Waals surface area contributed by atoms with E-state index in [1.165, 1.54) is 25.1 Å². The first-order chi connectivity index (χ1) is 10.7. The van der Waals surface area contributed by atoms with Gasteiger partial charge in [-0.25, -0.2) is 9.37 Å². The summed E-state index contributed by atoms with van der Waals surface area (Å²) in [5.41, 5.74) is 1.40. The molecule has 2 aromatic rings. The average molecular weight is 299 g/mol. The molecule has 5 heteroatoms. The van der Waals surface area contributed by atoms with Gasteiger partial charge in [-0.2, -0.15) is 0 Å². The van der Waals surface area contributed by atoms with E-state index in [1.807, 2.05) is 0 Å². The highest BCUT2D eigenvalue weighted by molar-refractivity contribution is 5.92. The minimum Gasteiger partial charge on any atom is -0.352 e. The molecule has 0 bridgehead atoms. The van der Waals surface area contributed by atoms with Crippen molar-refractivity contribution in [2.75, 3.05) is 5.32 Å². The molecule has 1 aliphatic carbocycles. The number of benzene rings is 1. The van der Waals surface area contributed by atoms with Gasteiger partial charge < -0.3 is 10.6 Å². The molecular formula is C17H18FN3O. The molecule has 0 aliphatic heterocycles. The molecule has 1 amide bonds. The minimum atomic E-state index is -0.328. The summed E-state index contributed by atoms with van der Waals surface area (Å²) in [4.78, 5) is 16.2. The molecule has 2 N–H and O–H groups in total. The Morgan fingerprint density at radius 3 is 2.59 bits per heavy atom. The number of pyridine rings is 1. The van der Waals surface area contributed by atoms with Gasteiger partial charge in [0.25, 0.3) is 5.91 Å². The standard InChI is InChI=1S/C17H18FN3O/c18-14-7-3-4-8-15(14)20-13-9-10-16(19-11-13)17(22)21-12-5-1-2-6-12/h3-4,7-12,20H,1-2,5-6H2,(H,21,22). The largest absolute Gasteiger partial charge is 0.352 e. The van der Waals surface area contributed by atoms with Gasteiger partial charge in [-0.15, -0.1) is 0 Å².